The zero-order valence-corrected chi connectivity index (χ0v) is 20.4. The summed E-state index contributed by atoms with van der Waals surface area (Å²) in [6, 6.07) is 18.5. The maximum absolute atomic E-state index is 13.5. The Bertz CT molecular complexity index is 1770. The fourth-order valence-electron chi connectivity index (χ4n) is 5.14. The lowest BCUT2D eigenvalue weighted by atomic mass is 9.84. The highest BCUT2D eigenvalue weighted by atomic mass is 19.1. The Morgan fingerprint density at radius 2 is 1.68 bits per heavy atom. The molecule has 2 aromatic carbocycles. The summed E-state index contributed by atoms with van der Waals surface area (Å²) < 4.78 is 13.5. The van der Waals surface area contributed by atoms with Crippen LogP contribution in [-0.2, 0) is 0 Å². The van der Waals surface area contributed by atoms with E-state index in [1.54, 1.807) is 24.5 Å². The van der Waals surface area contributed by atoms with Crippen molar-refractivity contribution in [1.82, 2.24) is 25.1 Å². The average molecular weight is 505 g/mol. The Morgan fingerprint density at radius 3 is 2.50 bits per heavy atom. The van der Waals surface area contributed by atoms with Crippen molar-refractivity contribution >= 4 is 27.5 Å². The summed E-state index contributed by atoms with van der Waals surface area (Å²) in [5.74, 6) is 0.0270. The lowest BCUT2D eigenvalue weighted by Gasteiger charge is -2.31. The van der Waals surface area contributed by atoms with Gasteiger partial charge in [0.15, 0.2) is 0 Å². The molecule has 6 aromatic rings. The van der Waals surface area contributed by atoms with E-state index in [4.69, 9.17) is 0 Å². The molecular weight excluding hydrogens is 479 g/mol. The standard InChI is InChI=1S/C30H25FN6O/c31-21-7-4-17(5-8-21)28-24-14-27(35-25(24)10-11-33-28)29-23-13-19(6-9-26(23)36-37-29)20-12-22(16-32-15-20)34-30(38)18-2-1-3-18/h4-16,18,30,34-35,38H,1-3H2,(H,36,37). The Balaban J connectivity index is 1.25. The minimum Gasteiger partial charge on any atom is -0.374 e. The number of H-pyrrole nitrogens is 2. The van der Waals surface area contributed by atoms with Crippen LogP contribution in [0, 0.1) is 11.7 Å². The molecule has 38 heavy (non-hydrogen) atoms. The first kappa shape index (κ1) is 22.6. The summed E-state index contributed by atoms with van der Waals surface area (Å²) in [4.78, 5) is 12.4. The van der Waals surface area contributed by atoms with Crippen LogP contribution < -0.4 is 5.32 Å². The number of benzene rings is 2. The van der Waals surface area contributed by atoms with E-state index in [0.717, 1.165) is 74.1 Å². The van der Waals surface area contributed by atoms with Gasteiger partial charge in [0.25, 0.3) is 0 Å². The van der Waals surface area contributed by atoms with Gasteiger partial charge < -0.3 is 15.4 Å². The normalized spacial score (nSPS) is 14.6. The molecule has 0 saturated heterocycles. The molecule has 1 atom stereocenters. The zero-order valence-electron chi connectivity index (χ0n) is 20.4. The van der Waals surface area contributed by atoms with E-state index in [0.29, 0.717) is 5.92 Å². The predicted octanol–water partition coefficient (Wildman–Crippen LogP) is 6.50. The van der Waals surface area contributed by atoms with E-state index in [9.17, 15) is 9.50 Å². The first-order valence-corrected chi connectivity index (χ1v) is 12.7. The highest BCUT2D eigenvalue weighted by Crippen LogP contribution is 2.35. The van der Waals surface area contributed by atoms with Gasteiger partial charge in [-0.2, -0.15) is 5.10 Å². The number of anilines is 1. The number of aliphatic hydroxyl groups excluding tert-OH is 1. The van der Waals surface area contributed by atoms with Crippen LogP contribution in [0.5, 0.6) is 0 Å². The maximum atomic E-state index is 13.5. The van der Waals surface area contributed by atoms with Gasteiger partial charge in [-0.15, -0.1) is 0 Å². The second-order valence-electron chi connectivity index (χ2n) is 9.89. The summed E-state index contributed by atoms with van der Waals surface area (Å²) in [6.07, 6.45) is 8.04. The van der Waals surface area contributed by atoms with Crippen molar-refractivity contribution in [3.05, 3.63) is 85.1 Å². The molecule has 0 spiro atoms. The molecule has 1 unspecified atom stereocenters. The van der Waals surface area contributed by atoms with Crippen molar-refractivity contribution in [1.29, 1.82) is 0 Å². The number of rotatable bonds is 6. The second kappa shape index (κ2) is 9.08. The zero-order chi connectivity index (χ0) is 25.6. The maximum Gasteiger partial charge on any atom is 0.127 e. The molecule has 1 aliphatic rings. The molecule has 4 aromatic heterocycles. The number of aromatic amines is 2. The summed E-state index contributed by atoms with van der Waals surface area (Å²) in [5.41, 5.74) is 7.87. The topological polar surface area (TPSA) is 103 Å². The van der Waals surface area contributed by atoms with E-state index < -0.39 is 6.23 Å². The number of aromatic nitrogens is 5. The van der Waals surface area contributed by atoms with Gasteiger partial charge in [0.1, 0.15) is 17.7 Å². The molecule has 0 bridgehead atoms. The van der Waals surface area contributed by atoms with Crippen LogP contribution in [0.25, 0.3) is 55.6 Å². The van der Waals surface area contributed by atoms with Gasteiger partial charge in [-0.3, -0.25) is 15.1 Å². The van der Waals surface area contributed by atoms with Crippen molar-refractivity contribution in [2.75, 3.05) is 5.32 Å². The number of fused-ring (bicyclic) bond motifs is 2. The van der Waals surface area contributed by atoms with Crippen LogP contribution in [-0.4, -0.2) is 36.5 Å². The Hall–Kier alpha value is -4.56. The number of hydrogen-bond acceptors (Lipinski definition) is 5. The molecule has 0 radical (unpaired) electrons. The van der Waals surface area contributed by atoms with Gasteiger partial charge in [0.2, 0.25) is 0 Å². The number of nitrogens with one attached hydrogen (secondary N) is 3. The van der Waals surface area contributed by atoms with Gasteiger partial charge in [-0.05, 0) is 73.0 Å². The first-order valence-electron chi connectivity index (χ1n) is 12.7. The molecular formula is C30H25FN6O. The molecule has 1 aliphatic carbocycles. The molecule has 4 N–H and O–H groups in total. The van der Waals surface area contributed by atoms with Crippen LogP contribution in [0.2, 0.25) is 0 Å². The van der Waals surface area contributed by atoms with Crippen LogP contribution in [0.15, 0.2) is 79.3 Å². The summed E-state index contributed by atoms with van der Waals surface area (Å²) >= 11 is 0. The van der Waals surface area contributed by atoms with Crippen LogP contribution in [0.3, 0.4) is 0 Å². The van der Waals surface area contributed by atoms with Crippen molar-refractivity contribution in [2.24, 2.45) is 5.92 Å². The average Bonchev–Trinajstić information content (AvgIpc) is 3.52. The predicted molar refractivity (Wildman–Crippen MR) is 147 cm³/mol. The molecule has 4 heterocycles. The van der Waals surface area contributed by atoms with Crippen molar-refractivity contribution in [3.63, 3.8) is 0 Å². The fourth-order valence-corrected chi connectivity index (χ4v) is 5.14. The van der Waals surface area contributed by atoms with Crippen molar-refractivity contribution in [3.8, 4) is 33.8 Å². The van der Waals surface area contributed by atoms with Crippen LogP contribution in [0.4, 0.5) is 10.1 Å². The van der Waals surface area contributed by atoms with Gasteiger partial charge in [-0.1, -0.05) is 12.5 Å². The molecule has 0 aliphatic heterocycles. The Morgan fingerprint density at radius 1 is 0.868 bits per heavy atom. The third-order valence-electron chi connectivity index (χ3n) is 7.47. The smallest absolute Gasteiger partial charge is 0.127 e. The van der Waals surface area contributed by atoms with E-state index in [-0.39, 0.29) is 5.82 Å². The molecule has 7 rings (SSSR count). The lowest BCUT2D eigenvalue weighted by Crippen LogP contribution is -2.33. The third-order valence-corrected chi connectivity index (χ3v) is 7.47. The van der Waals surface area contributed by atoms with Gasteiger partial charge >= 0.3 is 0 Å². The second-order valence-corrected chi connectivity index (χ2v) is 9.89. The molecule has 7 nitrogen and oxygen atoms in total. The van der Waals surface area contributed by atoms with E-state index >= 15 is 0 Å². The monoisotopic (exact) mass is 504 g/mol. The highest BCUT2D eigenvalue weighted by Gasteiger charge is 2.25. The summed E-state index contributed by atoms with van der Waals surface area (Å²) in [6.45, 7) is 0. The quantitative estimate of drug-likeness (QED) is 0.194. The summed E-state index contributed by atoms with van der Waals surface area (Å²) in [7, 11) is 0. The number of halogens is 1. The molecule has 0 amide bonds. The minimum absolute atomic E-state index is 0.277. The SMILES string of the molecule is OC(Nc1cncc(-c2ccc3[nH]nc(-c4cc5c(-c6ccc(F)cc6)nccc5[nH]4)c3c2)c1)C1CCC1. The number of aliphatic hydroxyl groups is 1. The number of pyridine rings is 2. The van der Waals surface area contributed by atoms with E-state index in [2.05, 4.69) is 36.5 Å². The third kappa shape index (κ3) is 3.99. The van der Waals surface area contributed by atoms with Crippen molar-refractivity contribution in [2.45, 2.75) is 25.5 Å². The summed E-state index contributed by atoms with van der Waals surface area (Å²) in [5, 5.41) is 23.3. The Kier molecular flexibility index (Phi) is 5.40. The van der Waals surface area contributed by atoms with Gasteiger partial charge in [0.05, 0.1) is 28.8 Å². The molecule has 188 valence electrons. The molecule has 1 fully saturated rings. The largest absolute Gasteiger partial charge is 0.374 e. The lowest BCUT2D eigenvalue weighted by molar-refractivity contribution is 0.0851. The van der Waals surface area contributed by atoms with E-state index in [1.165, 1.54) is 18.6 Å². The highest BCUT2D eigenvalue weighted by molar-refractivity contribution is 6.00. The van der Waals surface area contributed by atoms with Gasteiger partial charge in [-0.25, -0.2) is 4.39 Å². The van der Waals surface area contributed by atoms with Gasteiger partial charge in [0, 0.05) is 45.7 Å². The van der Waals surface area contributed by atoms with E-state index in [1.807, 2.05) is 36.5 Å². The minimum atomic E-state index is -0.556. The number of nitrogens with zero attached hydrogens (tertiary/aromatic N) is 3. The molecule has 1 saturated carbocycles. The van der Waals surface area contributed by atoms with Crippen LogP contribution >= 0.6 is 0 Å². The van der Waals surface area contributed by atoms with Crippen molar-refractivity contribution < 1.29 is 9.50 Å². The van der Waals surface area contributed by atoms with Crippen LogP contribution in [0.1, 0.15) is 19.3 Å². The molecule has 8 heteroatoms. The Labute approximate surface area is 217 Å². The number of hydrogen-bond donors (Lipinski definition) is 4. The first-order chi connectivity index (χ1) is 18.6. The fraction of sp³-hybridized carbons (Fsp3) is 0.167.